The van der Waals surface area contributed by atoms with Crippen LogP contribution in [0.4, 0.5) is 0 Å². The minimum absolute atomic E-state index is 0.0111. The number of nitrogens with one attached hydrogen (secondary N) is 1. The summed E-state index contributed by atoms with van der Waals surface area (Å²) in [6.45, 7) is 7.04. The van der Waals surface area contributed by atoms with E-state index < -0.39 is 22.0 Å². The quantitative estimate of drug-likeness (QED) is 0.632. The summed E-state index contributed by atoms with van der Waals surface area (Å²) >= 11 is 0. The van der Waals surface area contributed by atoms with Gasteiger partial charge >= 0.3 is 0 Å². The molecule has 1 aliphatic heterocycles. The molecule has 8 heteroatoms. The van der Waals surface area contributed by atoms with Gasteiger partial charge in [0, 0.05) is 25.2 Å². The van der Waals surface area contributed by atoms with E-state index in [1.165, 1.54) is 16.4 Å². The van der Waals surface area contributed by atoms with Gasteiger partial charge in [-0.25, -0.2) is 8.42 Å². The Labute approximate surface area is 190 Å². The molecule has 3 unspecified atom stereocenters. The van der Waals surface area contributed by atoms with Crippen molar-refractivity contribution in [3.8, 4) is 5.75 Å². The molecule has 1 fully saturated rings. The number of nitrogens with zero attached hydrogens (tertiary/aromatic N) is 1. The number of carbonyl (C=O) groups is 1. The third-order valence-electron chi connectivity index (χ3n) is 5.50. The molecular formula is C24H32N2O5S. The molecule has 0 radical (unpaired) electrons. The Balaban J connectivity index is 1.58. The number of hydrogen-bond acceptors (Lipinski definition) is 5. The second-order valence-corrected chi connectivity index (χ2v) is 10.7. The number of hydrogen-bond donors (Lipinski definition) is 2. The van der Waals surface area contributed by atoms with E-state index in [-0.39, 0.29) is 23.6 Å². The van der Waals surface area contributed by atoms with Gasteiger partial charge in [-0.15, -0.1) is 0 Å². The fourth-order valence-electron chi connectivity index (χ4n) is 4.02. The number of aryl methyl sites for hydroxylation is 1. The van der Waals surface area contributed by atoms with E-state index in [0.717, 1.165) is 12.0 Å². The van der Waals surface area contributed by atoms with Crippen LogP contribution in [0.1, 0.15) is 36.2 Å². The molecule has 0 spiro atoms. The van der Waals surface area contributed by atoms with Crippen LogP contribution in [0.25, 0.3) is 0 Å². The van der Waals surface area contributed by atoms with Gasteiger partial charge in [-0.3, -0.25) is 4.79 Å². The number of piperidine rings is 1. The van der Waals surface area contributed by atoms with Crippen molar-refractivity contribution >= 4 is 15.9 Å². The topological polar surface area (TPSA) is 95.9 Å². The fourth-order valence-corrected chi connectivity index (χ4v) is 5.74. The number of sulfonamides is 1. The lowest BCUT2D eigenvalue weighted by Crippen LogP contribution is -2.42. The van der Waals surface area contributed by atoms with E-state index in [2.05, 4.69) is 19.2 Å². The monoisotopic (exact) mass is 460 g/mol. The number of carbonyl (C=O) groups excluding carboxylic acids is 1. The molecule has 1 aliphatic rings. The van der Waals surface area contributed by atoms with Crippen LogP contribution in [-0.2, 0) is 10.0 Å². The Morgan fingerprint density at radius 3 is 2.53 bits per heavy atom. The molecule has 3 atom stereocenters. The highest BCUT2D eigenvalue weighted by Gasteiger charge is 2.32. The summed E-state index contributed by atoms with van der Waals surface area (Å²) < 4.78 is 33.3. The molecule has 2 aromatic rings. The summed E-state index contributed by atoms with van der Waals surface area (Å²) in [6.07, 6.45) is 0.104. The lowest BCUT2D eigenvalue weighted by atomic mass is 9.94. The smallest absolute Gasteiger partial charge is 0.251 e. The maximum absolute atomic E-state index is 13.1. The van der Waals surface area contributed by atoms with E-state index in [1.54, 1.807) is 18.2 Å². The first-order valence-electron chi connectivity index (χ1n) is 10.9. The zero-order chi connectivity index (χ0) is 23.3. The van der Waals surface area contributed by atoms with E-state index >= 15 is 0 Å². The predicted molar refractivity (Wildman–Crippen MR) is 123 cm³/mol. The average molecular weight is 461 g/mol. The van der Waals surface area contributed by atoms with E-state index in [4.69, 9.17) is 4.74 Å². The molecule has 7 nitrogen and oxygen atoms in total. The molecular weight excluding hydrogens is 428 g/mol. The van der Waals surface area contributed by atoms with Crippen LogP contribution in [0.3, 0.4) is 0 Å². The first-order valence-corrected chi connectivity index (χ1v) is 12.3. The van der Waals surface area contributed by atoms with Crippen molar-refractivity contribution in [1.82, 2.24) is 9.62 Å². The van der Waals surface area contributed by atoms with Crippen molar-refractivity contribution < 1.29 is 23.1 Å². The minimum atomic E-state index is -3.67. The number of benzene rings is 2. The summed E-state index contributed by atoms with van der Waals surface area (Å²) in [5.41, 5.74) is 1.28. The van der Waals surface area contributed by atoms with Crippen molar-refractivity contribution in [2.45, 2.75) is 38.2 Å². The average Bonchev–Trinajstić information content (AvgIpc) is 2.75. The first-order chi connectivity index (χ1) is 15.1. The molecule has 2 N–H and O–H groups in total. The van der Waals surface area contributed by atoms with E-state index in [0.29, 0.717) is 30.7 Å². The predicted octanol–water partition coefficient (Wildman–Crippen LogP) is 2.83. The van der Waals surface area contributed by atoms with Crippen molar-refractivity contribution in [3.63, 3.8) is 0 Å². The van der Waals surface area contributed by atoms with Gasteiger partial charge in [-0.05, 0) is 61.1 Å². The van der Waals surface area contributed by atoms with Gasteiger partial charge in [-0.1, -0.05) is 32.0 Å². The highest BCUT2D eigenvalue weighted by atomic mass is 32.2. The zero-order valence-corrected chi connectivity index (χ0v) is 19.6. The van der Waals surface area contributed by atoms with Crippen LogP contribution >= 0.6 is 0 Å². The molecule has 0 aromatic heterocycles. The molecule has 2 aromatic carbocycles. The minimum Gasteiger partial charge on any atom is -0.491 e. The Kier molecular flexibility index (Phi) is 7.92. The standard InChI is InChI=1S/C24H32N2O5S/c1-17-6-4-8-22(11-17)31-16-21(27)13-25-24(28)20-7-5-9-23(12-20)32(29,30)26-14-18(2)10-19(3)15-26/h4-9,11-12,18-19,21,27H,10,13-16H2,1-3H3,(H,25,28). The SMILES string of the molecule is Cc1cccc(OCC(O)CNC(=O)c2cccc(S(=O)(=O)N3CC(C)CC(C)C3)c2)c1. The van der Waals surface area contributed by atoms with E-state index in [1.807, 2.05) is 25.1 Å². The number of rotatable bonds is 8. The molecule has 32 heavy (non-hydrogen) atoms. The Bertz CT molecular complexity index is 1030. The fraction of sp³-hybridized carbons (Fsp3) is 0.458. The van der Waals surface area contributed by atoms with Gasteiger partial charge < -0.3 is 15.2 Å². The van der Waals surface area contributed by atoms with Crippen LogP contribution in [0.5, 0.6) is 5.75 Å². The number of aliphatic hydroxyl groups excluding tert-OH is 1. The van der Waals surface area contributed by atoms with Crippen LogP contribution in [-0.4, -0.2) is 56.1 Å². The number of amides is 1. The maximum atomic E-state index is 13.1. The van der Waals surface area contributed by atoms with Crippen molar-refractivity contribution in [2.75, 3.05) is 26.2 Å². The highest BCUT2D eigenvalue weighted by Crippen LogP contribution is 2.27. The van der Waals surface area contributed by atoms with Gasteiger partial charge in [0.25, 0.3) is 5.91 Å². The highest BCUT2D eigenvalue weighted by molar-refractivity contribution is 7.89. The normalized spacial score (nSPS) is 20.5. The molecule has 1 saturated heterocycles. The lowest BCUT2D eigenvalue weighted by Gasteiger charge is -2.34. The van der Waals surface area contributed by atoms with Gasteiger partial charge in [0.1, 0.15) is 18.5 Å². The molecule has 1 amide bonds. The summed E-state index contributed by atoms with van der Waals surface area (Å²) in [7, 11) is -3.67. The van der Waals surface area contributed by atoms with Crippen molar-refractivity contribution in [2.24, 2.45) is 11.8 Å². The molecule has 174 valence electrons. The second-order valence-electron chi connectivity index (χ2n) is 8.79. The molecule has 1 heterocycles. The number of ether oxygens (including phenoxy) is 1. The molecule has 0 aliphatic carbocycles. The van der Waals surface area contributed by atoms with Crippen LogP contribution in [0.2, 0.25) is 0 Å². The molecule has 3 rings (SSSR count). The van der Waals surface area contributed by atoms with Gasteiger partial charge in [0.2, 0.25) is 10.0 Å². The lowest BCUT2D eigenvalue weighted by molar-refractivity contribution is 0.0843. The summed E-state index contributed by atoms with van der Waals surface area (Å²) in [6, 6.07) is 13.5. The van der Waals surface area contributed by atoms with Crippen molar-refractivity contribution in [3.05, 3.63) is 59.7 Å². The summed E-state index contributed by atoms with van der Waals surface area (Å²) in [4.78, 5) is 12.7. The number of aliphatic hydroxyl groups is 1. The summed E-state index contributed by atoms with van der Waals surface area (Å²) in [5.74, 6) is 0.790. The van der Waals surface area contributed by atoms with Crippen molar-refractivity contribution in [1.29, 1.82) is 0 Å². The second kappa shape index (κ2) is 10.5. The first kappa shape index (κ1) is 24.2. The van der Waals surface area contributed by atoms with Crippen LogP contribution in [0.15, 0.2) is 53.4 Å². The van der Waals surface area contributed by atoms with Gasteiger partial charge in [0.15, 0.2) is 0 Å². The van der Waals surface area contributed by atoms with Crippen LogP contribution in [0, 0.1) is 18.8 Å². The maximum Gasteiger partial charge on any atom is 0.251 e. The third-order valence-corrected chi connectivity index (χ3v) is 7.33. The molecule has 0 saturated carbocycles. The Morgan fingerprint density at radius 1 is 1.16 bits per heavy atom. The van der Waals surface area contributed by atoms with E-state index in [9.17, 15) is 18.3 Å². The third kappa shape index (κ3) is 6.31. The van der Waals surface area contributed by atoms with Gasteiger partial charge in [-0.2, -0.15) is 4.31 Å². The van der Waals surface area contributed by atoms with Gasteiger partial charge in [0.05, 0.1) is 4.90 Å². The Morgan fingerprint density at radius 2 is 1.84 bits per heavy atom. The molecule has 0 bridgehead atoms. The van der Waals surface area contributed by atoms with Crippen LogP contribution < -0.4 is 10.1 Å². The summed E-state index contributed by atoms with van der Waals surface area (Å²) in [5, 5.41) is 12.8. The largest absolute Gasteiger partial charge is 0.491 e. The Hall–Kier alpha value is -2.42. The zero-order valence-electron chi connectivity index (χ0n) is 18.8.